The smallest absolute Gasteiger partial charge is 0.370 e. The largest absolute Gasteiger partial charge is 0.435 e. The van der Waals surface area contributed by atoms with Crippen LogP contribution in [0.25, 0.3) is 0 Å². The van der Waals surface area contributed by atoms with Gasteiger partial charge in [-0.25, -0.2) is 0 Å². The summed E-state index contributed by atoms with van der Waals surface area (Å²) in [7, 11) is 0. The molecule has 0 atom stereocenters. The van der Waals surface area contributed by atoms with Gasteiger partial charge in [0.15, 0.2) is 5.69 Å². The van der Waals surface area contributed by atoms with Crippen molar-refractivity contribution >= 4 is 11.8 Å². The zero-order valence-electron chi connectivity index (χ0n) is 12.7. The minimum absolute atomic E-state index is 0.109. The van der Waals surface area contributed by atoms with E-state index in [1.807, 2.05) is 0 Å². The van der Waals surface area contributed by atoms with Crippen LogP contribution >= 0.6 is 0 Å². The fraction of sp³-hybridized carbons (Fsp3) is 0.643. The van der Waals surface area contributed by atoms with Gasteiger partial charge in [-0.3, -0.25) is 14.7 Å². The van der Waals surface area contributed by atoms with Crippen LogP contribution in [0.5, 0.6) is 0 Å². The number of carbonyl (C=O) groups excluding carboxylic acids is 2. The molecule has 1 aromatic rings. The van der Waals surface area contributed by atoms with E-state index in [2.05, 4.69) is 10.2 Å². The van der Waals surface area contributed by atoms with Crippen LogP contribution in [0.2, 0.25) is 0 Å². The van der Waals surface area contributed by atoms with E-state index in [1.165, 1.54) is 11.8 Å². The normalized spacial score (nSPS) is 16.6. The number of hydrogen-bond acceptors (Lipinski definition) is 3. The number of aromatic nitrogens is 2. The Morgan fingerprint density at radius 2 is 1.96 bits per heavy atom. The summed E-state index contributed by atoms with van der Waals surface area (Å²) in [6, 6.07) is 0. The van der Waals surface area contributed by atoms with Gasteiger partial charge in [-0.1, -0.05) is 0 Å². The number of alkyl halides is 3. The predicted octanol–water partition coefficient (Wildman–Crippen LogP) is 1.85. The van der Waals surface area contributed by atoms with Crippen LogP contribution in [0.4, 0.5) is 13.2 Å². The standard InChI is InChI=1S/C14H19F3N4O2/c1-8-11(12(20-19-8)14(15,16)17)13(23)21-6-4-9(5-7-21)2-3-10(18)22/h9H,2-7H2,1H3,(H2,18,22)(H,19,20). The summed E-state index contributed by atoms with van der Waals surface area (Å²) < 4.78 is 38.8. The molecule has 0 spiro atoms. The third-order valence-electron chi connectivity index (χ3n) is 4.13. The van der Waals surface area contributed by atoms with E-state index >= 15 is 0 Å². The zero-order valence-corrected chi connectivity index (χ0v) is 12.7. The van der Waals surface area contributed by atoms with E-state index in [1.54, 1.807) is 0 Å². The van der Waals surface area contributed by atoms with Gasteiger partial charge in [-0.15, -0.1) is 0 Å². The highest BCUT2D eigenvalue weighted by molar-refractivity contribution is 5.96. The van der Waals surface area contributed by atoms with E-state index < -0.39 is 23.3 Å². The highest BCUT2D eigenvalue weighted by atomic mass is 19.4. The number of nitrogens with zero attached hydrogens (tertiary/aromatic N) is 2. The summed E-state index contributed by atoms with van der Waals surface area (Å²) in [6.45, 7) is 2.13. The molecule has 6 nitrogen and oxygen atoms in total. The van der Waals surface area contributed by atoms with Gasteiger partial charge in [0.2, 0.25) is 5.91 Å². The van der Waals surface area contributed by atoms with Crippen molar-refractivity contribution in [3.8, 4) is 0 Å². The maximum Gasteiger partial charge on any atom is 0.435 e. The Hall–Kier alpha value is -2.06. The van der Waals surface area contributed by atoms with Crippen molar-refractivity contribution in [1.29, 1.82) is 0 Å². The first-order valence-corrected chi connectivity index (χ1v) is 7.40. The van der Waals surface area contributed by atoms with Gasteiger partial charge in [0.1, 0.15) is 0 Å². The quantitative estimate of drug-likeness (QED) is 0.881. The monoisotopic (exact) mass is 332 g/mol. The lowest BCUT2D eigenvalue weighted by Crippen LogP contribution is -2.39. The molecule has 1 saturated heterocycles. The fourth-order valence-electron chi connectivity index (χ4n) is 2.83. The zero-order chi connectivity index (χ0) is 17.2. The SMILES string of the molecule is Cc1[nH]nc(C(F)(F)F)c1C(=O)N1CCC(CCC(N)=O)CC1. The second kappa shape index (κ2) is 6.59. The van der Waals surface area contributed by atoms with Crippen molar-refractivity contribution in [1.82, 2.24) is 15.1 Å². The molecule has 0 unspecified atom stereocenters. The fourth-order valence-corrected chi connectivity index (χ4v) is 2.83. The van der Waals surface area contributed by atoms with Gasteiger partial charge in [0, 0.05) is 25.2 Å². The van der Waals surface area contributed by atoms with E-state index in [9.17, 15) is 22.8 Å². The lowest BCUT2D eigenvalue weighted by atomic mass is 9.91. The van der Waals surface area contributed by atoms with Crippen LogP contribution in [0.3, 0.4) is 0 Å². The molecule has 0 radical (unpaired) electrons. The molecule has 0 aliphatic carbocycles. The molecular weight excluding hydrogens is 313 g/mol. The molecule has 2 rings (SSSR count). The third-order valence-corrected chi connectivity index (χ3v) is 4.13. The van der Waals surface area contributed by atoms with Crippen LogP contribution in [-0.4, -0.2) is 40.0 Å². The molecule has 9 heteroatoms. The van der Waals surface area contributed by atoms with Crippen molar-refractivity contribution in [2.75, 3.05) is 13.1 Å². The van der Waals surface area contributed by atoms with E-state index in [-0.39, 0.29) is 23.9 Å². The topological polar surface area (TPSA) is 92.1 Å². The predicted molar refractivity (Wildman–Crippen MR) is 75.4 cm³/mol. The molecule has 1 fully saturated rings. The Morgan fingerprint density at radius 1 is 1.35 bits per heavy atom. The van der Waals surface area contributed by atoms with Gasteiger partial charge in [-0.2, -0.15) is 18.3 Å². The van der Waals surface area contributed by atoms with Crippen molar-refractivity contribution in [3.05, 3.63) is 17.0 Å². The number of rotatable bonds is 4. The first-order valence-electron chi connectivity index (χ1n) is 7.40. The van der Waals surface area contributed by atoms with Gasteiger partial charge in [-0.05, 0) is 32.1 Å². The Balaban J connectivity index is 2.03. The average molecular weight is 332 g/mol. The number of halogens is 3. The average Bonchev–Trinajstić information content (AvgIpc) is 2.87. The molecule has 0 bridgehead atoms. The van der Waals surface area contributed by atoms with Crippen LogP contribution in [-0.2, 0) is 11.0 Å². The first kappa shape index (κ1) is 17.3. The van der Waals surface area contributed by atoms with Crippen LogP contribution < -0.4 is 5.73 Å². The summed E-state index contributed by atoms with van der Waals surface area (Å²) >= 11 is 0. The Bertz CT molecular complexity index is 589. The van der Waals surface area contributed by atoms with Gasteiger partial charge in [0.25, 0.3) is 5.91 Å². The Morgan fingerprint density at radius 3 is 2.48 bits per heavy atom. The minimum atomic E-state index is -4.67. The molecule has 23 heavy (non-hydrogen) atoms. The molecule has 128 valence electrons. The molecule has 0 aromatic carbocycles. The number of H-pyrrole nitrogens is 1. The molecule has 1 aliphatic heterocycles. The molecule has 0 saturated carbocycles. The second-order valence-corrected chi connectivity index (χ2v) is 5.81. The lowest BCUT2D eigenvalue weighted by Gasteiger charge is -2.32. The number of hydrogen-bond donors (Lipinski definition) is 2. The van der Waals surface area contributed by atoms with Crippen LogP contribution in [0.1, 0.15) is 47.4 Å². The Kier molecular flexibility index (Phi) is 4.96. The van der Waals surface area contributed by atoms with Crippen LogP contribution in [0, 0.1) is 12.8 Å². The summed E-state index contributed by atoms with van der Waals surface area (Å²) in [6.07, 6.45) is -2.43. The number of primary amides is 1. The first-order chi connectivity index (χ1) is 10.7. The van der Waals surface area contributed by atoms with Crippen LogP contribution in [0.15, 0.2) is 0 Å². The Labute approximate surface area is 131 Å². The summed E-state index contributed by atoms with van der Waals surface area (Å²) in [5.41, 5.74) is 3.63. The van der Waals surface area contributed by atoms with Crippen molar-refractivity contribution in [2.24, 2.45) is 11.7 Å². The molecule has 2 heterocycles. The van der Waals surface area contributed by atoms with Gasteiger partial charge < -0.3 is 10.6 Å². The maximum atomic E-state index is 12.9. The number of aromatic amines is 1. The van der Waals surface area contributed by atoms with E-state index in [0.29, 0.717) is 32.4 Å². The lowest BCUT2D eigenvalue weighted by molar-refractivity contribution is -0.141. The van der Waals surface area contributed by atoms with Gasteiger partial charge >= 0.3 is 6.18 Å². The van der Waals surface area contributed by atoms with Crippen molar-refractivity contribution in [2.45, 2.75) is 38.8 Å². The number of nitrogens with two attached hydrogens (primary N) is 1. The molecular formula is C14H19F3N4O2. The number of aryl methyl sites for hydroxylation is 1. The van der Waals surface area contributed by atoms with Crippen molar-refractivity contribution < 1.29 is 22.8 Å². The second-order valence-electron chi connectivity index (χ2n) is 5.81. The van der Waals surface area contributed by atoms with E-state index in [0.717, 1.165) is 0 Å². The number of likely N-dealkylation sites (tertiary alicyclic amines) is 1. The van der Waals surface area contributed by atoms with E-state index in [4.69, 9.17) is 5.73 Å². The third kappa shape index (κ3) is 4.02. The van der Waals surface area contributed by atoms with Gasteiger partial charge in [0.05, 0.1) is 5.56 Å². The summed E-state index contributed by atoms with van der Waals surface area (Å²) in [4.78, 5) is 24.6. The minimum Gasteiger partial charge on any atom is -0.370 e. The number of amides is 2. The van der Waals surface area contributed by atoms with Crippen molar-refractivity contribution in [3.63, 3.8) is 0 Å². The maximum absolute atomic E-state index is 12.9. The molecule has 3 N–H and O–H groups in total. The molecule has 2 amide bonds. The number of carbonyl (C=O) groups is 2. The number of piperidine rings is 1. The highest BCUT2D eigenvalue weighted by Crippen LogP contribution is 2.33. The molecule has 1 aromatic heterocycles. The highest BCUT2D eigenvalue weighted by Gasteiger charge is 2.41. The number of nitrogens with one attached hydrogen (secondary N) is 1. The summed E-state index contributed by atoms with van der Waals surface area (Å²) in [5.74, 6) is -0.761. The molecule has 1 aliphatic rings. The summed E-state index contributed by atoms with van der Waals surface area (Å²) in [5, 5.41) is 5.45.